The Morgan fingerprint density at radius 1 is 0.397 bits per heavy atom. The molecule has 0 aliphatic rings. The number of Topliss-reactive ketones (excluding diaryl/α,β-unsaturated/α-hetero) is 6. The lowest BCUT2D eigenvalue weighted by Crippen LogP contribution is -2.00. The largest absolute Gasteiger partial charge is 0.478 e. The maximum absolute atomic E-state index is 11.1. The van der Waals surface area contributed by atoms with E-state index in [2.05, 4.69) is 50.8 Å². The second kappa shape index (κ2) is 34.4. The van der Waals surface area contributed by atoms with Crippen LogP contribution >= 0.6 is 99.9 Å². The van der Waals surface area contributed by atoms with Crippen molar-refractivity contribution in [3.63, 3.8) is 0 Å². The van der Waals surface area contributed by atoms with Crippen LogP contribution in [0.1, 0.15) is 153 Å². The van der Waals surface area contributed by atoms with Crippen molar-refractivity contribution in [3.05, 3.63) is 131 Å². The third-order valence-electron chi connectivity index (χ3n) is 7.87. The van der Waals surface area contributed by atoms with Gasteiger partial charge in [-0.05, 0) is 82.3 Å². The molecule has 26 heteroatoms. The van der Waals surface area contributed by atoms with Gasteiger partial charge in [-0.1, -0.05) is 39.3 Å². The summed E-state index contributed by atoms with van der Waals surface area (Å²) in [6.45, 7) is 5.76. The van der Waals surface area contributed by atoms with Gasteiger partial charge in [0.1, 0.15) is 14.6 Å². The first kappa shape index (κ1) is 67.0. The summed E-state index contributed by atoms with van der Waals surface area (Å²) in [6, 6.07) is 13.9. The van der Waals surface area contributed by atoms with Crippen LogP contribution < -0.4 is 0 Å². The Kier molecular flexibility index (Phi) is 31.6. The first-order valence-electron chi connectivity index (χ1n) is 19.5. The van der Waals surface area contributed by atoms with Crippen LogP contribution in [0.5, 0.6) is 0 Å². The molecule has 0 saturated heterocycles. The van der Waals surface area contributed by atoms with E-state index in [9.17, 15) is 57.5 Å². The molecule has 6 aromatic heterocycles. The number of rotatable bonds is 14. The first-order valence-corrected chi connectivity index (χ1v) is 26.8. The number of ether oxygens (including phenoxy) is 4. The highest BCUT2D eigenvalue weighted by molar-refractivity contribution is 9.09. The molecule has 392 valence electrons. The van der Waals surface area contributed by atoms with Crippen LogP contribution in [0.25, 0.3) is 0 Å². The van der Waals surface area contributed by atoms with Crippen molar-refractivity contribution in [2.24, 2.45) is 0 Å². The molecular weight excluding hydrogens is 1200 g/mol. The second-order valence-electron chi connectivity index (χ2n) is 13.0. The molecule has 18 nitrogen and oxygen atoms in total. The number of methoxy groups -OCH3 is 4. The van der Waals surface area contributed by atoms with Crippen molar-refractivity contribution >= 4 is 170 Å². The zero-order chi connectivity index (χ0) is 54.8. The van der Waals surface area contributed by atoms with E-state index in [4.69, 9.17) is 10.2 Å². The molecule has 6 aromatic rings. The lowest BCUT2D eigenvalue weighted by molar-refractivity contribution is 0.0592. The van der Waals surface area contributed by atoms with Crippen LogP contribution in [0.15, 0.2) is 70.7 Å². The molecule has 0 bridgehead atoms. The van der Waals surface area contributed by atoms with Gasteiger partial charge in [-0.2, -0.15) is 0 Å². The van der Waals surface area contributed by atoms with Crippen LogP contribution in [0.3, 0.4) is 0 Å². The fourth-order valence-electron chi connectivity index (χ4n) is 4.30. The fraction of sp³-hybridized carbons (Fsp3) is 0.234. The zero-order valence-corrected chi connectivity index (χ0v) is 47.0. The molecule has 0 fully saturated rings. The number of thiophene rings is 6. The number of carbonyl (C=O) groups excluding carboxylic acids is 10. The minimum Gasteiger partial charge on any atom is -0.478 e. The van der Waals surface area contributed by atoms with Crippen LogP contribution in [-0.4, -0.2) is 120 Å². The van der Waals surface area contributed by atoms with Gasteiger partial charge in [0.25, 0.3) is 0 Å². The van der Waals surface area contributed by atoms with Crippen LogP contribution in [0.2, 0.25) is 0 Å². The topological polar surface area (TPSA) is 282 Å². The molecule has 0 saturated carbocycles. The number of aromatic carboxylic acids is 2. The van der Waals surface area contributed by atoms with Crippen molar-refractivity contribution in [1.82, 2.24) is 0 Å². The molecule has 73 heavy (non-hydrogen) atoms. The third-order valence-corrected chi connectivity index (χ3v) is 15.4. The molecule has 0 unspecified atom stereocenters. The molecule has 0 spiro atoms. The number of hydrogen-bond donors (Lipinski definition) is 2. The number of halogens is 2. The summed E-state index contributed by atoms with van der Waals surface area (Å²) in [7, 11) is 5.25. The number of esters is 4. The summed E-state index contributed by atoms with van der Waals surface area (Å²) in [5.74, 6) is -3.90. The van der Waals surface area contributed by atoms with E-state index in [1.807, 2.05) is 0 Å². The van der Waals surface area contributed by atoms with Gasteiger partial charge in [0, 0.05) is 16.1 Å². The molecule has 2 N–H and O–H groups in total. The van der Waals surface area contributed by atoms with Crippen molar-refractivity contribution in [2.45, 2.75) is 35.1 Å². The summed E-state index contributed by atoms with van der Waals surface area (Å²) in [4.78, 5) is 134. The molecular formula is C47H46Br2O18S6. The van der Waals surface area contributed by atoms with E-state index in [1.165, 1.54) is 102 Å². The van der Waals surface area contributed by atoms with Crippen molar-refractivity contribution < 1.29 is 86.7 Å². The average molecular weight is 1250 g/mol. The highest BCUT2D eigenvalue weighted by Gasteiger charge is 2.15. The second-order valence-corrected chi connectivity index (χ2v) is 20.1. The normalized spacial score (nSPS) is 9.45. The third kappa shape index (κ3) is 23.2. The van der Waals surface area contributed by atoms with Gasteiger partial charge < -0.3 is 29.2 Å². The van der Waals surface area contributed by atoms with Gasteiger partial charge in [0.05, 0.1) is 85.1 Å². The number of carbonyl (C=O) groups is 12. The molecule has 0 aliphatic heterocycles. The standard InChI is InChI=1S/2C8H7BrO3S.2C8H8O3S.2C7H6O3S.CH4/c1-12-8(11)5-2-7(13-4-5)6(10)3-9;1-12-8(11)7-3-2-6(13-7)5(10)4-9;1-5(9)7-3-6(4-12-7)8(10)11-2;1-5(9)6-3-4-7(12-6)8(10)11-2;1-4(8)6-2-5(3-11-6)7(9)10;1-4(8)5-2-3-6(11-5)7(9)10;/h2,4H,3H2,1H3;2-3H,4H2,1H3;2*3-4H,1-2H3;2*2-3H,1H3,(H,9,10);1H4. The van der Waals surface area contributed by atoms with Crippen LogP contribution in [0.4, 0.5) is 0 Å². The minimum absolute atomic E-state index is 0. The van der Waals surface area contributed by atoms with Gasteiger partial charge in [-0.25, -0.2) is 28.8 Å². The van der Waals surface area contributed by atoms with E-state index in [0.29, 0.717) is 50.1 Å². The highest BCUT2D eigenvalue weighted by Crippen LogP contribution is 2.21. The van der Waals surface area contributed by atoms with Gasteiger partial charge >= 0.3 is 35.8 Å². The quantitative estimate of drug-likeness (QED) is 0.0443. The molecule has 0 aliphatic carbocycles. The number of hydrogen-bond acceptors (Lipinski definition) is 22. The summed E-state index contributed by atoms with van der Waals surface area (Å²) in [6.07, 6.45) is 0. The lowest BCUT2D eigenvalue weighted by Gasteiger charge is -1.92. The summed E-state index contributed by atoms with van der Waals surface area (Å²) in [5.41, 5.74) is 1.05. The Morgan fingerprint density at radius 2 is 0.685 bits per heavy atom. The lowest BCUT2D eigenvalue weighted by atomic mass is 10.3. The maximum atomic E-state index is 11.1. The van der Waals surface area contributed by atoms with Gasteiger partial charge in [0.15, 0.2) is 34.7 Å². The van der Waals surface area contributed by atoms with Crippen LogP contribution in [-0.2, 0) is 18.9 Å². The van der Waals surface area contributed by atoms with Gasteiger partial charge in [-0.15, -0.1) is 68.0 Å². The summed E-state index contributed by atoms with van der Waals surface area (Å²) in [5, 5.41) is 22.2. The summed E-state index contributed by atoms with van der Waals surface area (Å²) >= 11 is 13.1. The molecule has 0 radical (unpaired) electrons. The Hall–Kier alpha value is -6.00. The Labute approximate surface area is 459 Å². The first-order chi connectivity index (χ1) is 33.9. The molecule has 0 aromatic carbocycles. The maximum Gasteiger partial charge on any atom is 0.348 e. The Balaban J connectivity index is 0.000000851. The predicted molar refractivity (Wildman–Crippen MR) is 288 cm³/mol. The molecule has 6 heterocycles. The molecule has 0 amide bonds. The van der Waals surface area contributed by atoms with Crippen molar-refractivity contribution in [3.8, 4) is 0 Å². The smallest absolute Gasteiger partial charge is 0.348 e. The van der Waals surface area contributed by atoms with Gasteiger partial charge in [0.2, 0.25) is 0 Å². The highest BCUT2D eigenvalue weighted by atomic mass is 79.9. The van der Waals surface area contributed by atoms with E-state index < -0.39 is 35.8 Å². The number of alkyl halides is 2. The summed E-state index contributed by atoms with van der Waals surface area (Å²) < 4.78 is 18.0. The SMILES string of the molecule is C.CC(=O)c1cc(C(=O)O)cs1.CC(=O)c1ccc(C(=O)O)s1.COC(=O)c1ccc(C(=O)CBr)s1.COC(=O)c1ccc(C(C)=O)s1.COC(=O)c1csc(C(=O)CBr)c1.COC(=O)c1csc(C(C)=O)c1. The van der Waals surface area contributed by atoms with E-state index in [0.717, 1.165) is 45.3 Å². The molecule has 0 atom stereocenters. The average Bonchev–Trinajstić information content (AvgIpc) is 4.22. The predicted octanol–water partition coefficient (Wildman–Crippen LogP) is 11.6. The fourth-order valence-corrected chi connectivity index (χ4v) is 10.1. The van der Waals surface area contributed by atoms with Gasteiger partial charge in [-0.3, -0.25) is 28.8 Å². The van der Waals surface area contributed by atoms with E-state index in [-0.39, 0.29) is 63.2 Å². The van der Waals surface area contributed by atoms with E-state index >= 15 is 0 Å². The Bertz CT molecular complexity index is 2580. The molecule has 6 rings (SSSR count). The van der Waals surface area contributed by atoms with Crippen LogP contribution in [0, 0.1) is 0 Å². The van der Waals surface area contributed by atoms with Crippen molar-refractivity contribution in [1.29, 1.82) is 0 Å². The number of carboxylic acids is 2. The van der Waals surface area contributed by atoms with E-state index in [1.54, 1.807) is 47.2 Å². The monoisotopic (exact) mass is 1250 g/mol. The number of carboxylic acid groups (broad SMARTS) is 2. The Morgan fingerprint density at radius 3 is 0.986 bits per heavy atom. The number of ketones is 6. The van der Waals surface area contributed by atoms with Crippen molar-refractivity contribution in [2.75, 3.05) is 39.1 Å². The minimum atomic E-state index is -0.992. The zero-order valence-electron chi connectivity index (χ0n) is 39.0.